The van der Waals surface area contributed by atoms with Gasteiger partial charge in [0.2, 0.25) is 0 Å². The van der Waals surface area contributed by atoms with Gasteiger partial charge < -0.3 is 4.90 Å². The number of hydrogen-bond acceptors (Lipinski definition) is 3. The number of carbonyl (C=O) groups is 1. The number of amides is 1. The third-order valence-corrected chi connectivity index (χ3v) is 7.95. The van der Waals surface area contributed by atoms with Crippen molar-refractivity contribution < 1.29 is 13.2 Å². The van der Waals surface area contributed by atoms with Gasteiger partial charge in [0, 0.05) is 44.8 Å². The molecular formula is C21H27N3O3S. The SMILES string of the molecule is CC1CCN(S(=O)(=O)N2CCN(C(=O)c3ccc4ccccc4c3)CC2)CC1. The summed E-state index contributed by atoms with van der Waals surface area (Å²) in [5.74, 6) is 0.553. The van der Waals surface area contributed by atoms with Crippen LogP contribution in [0.3, 0.4) is 0 Å². The van der Waals surface area contributed by atoms with Crippen LogP contribution in [0.4, 0.5) is 0 Å². The van der Waals surface area contributed by atoms with Crippen LogP contribution in [0.1, 0.15) is 30.1 Å². The van der Waals surface area contributed by atoms with E-state index in [4.69, 9.17) is 0 Å². The molecule has 2 fully saturated rings. The lowest BCUT2D eigenvalue weighted by molar-refractivity contribution is 0.0693. The van der Waals surface area contributed by atoms with Crippen LogP contribution in [-0.4, -0.2) is 67.1 Å². The predicted molar refractivity (Wildman–Crippen MR) is 110 cm³/mol. The van der Waals surface area contributed by atoms with E-state index in [0.717, 1.165) is 23.6 Å². The van der Waals surface area contributed by atoms with Crippen LogP contribution < -0.4 is 0 Å². The molecule has 6 nitrogen and oxygen atoms in total. The highest BCUT2D eigenvalue weighted by molar-refractivity contribution is 7.86. The lowest BCUT2D eigenvalue weighted by atomic mass is 10.0. The number of nitrogens with zero attached hydrogens (tertiary/aromatic N) is 3. The van der Waals surface area contributed by atoms with Crippen LogP contribution in [0.25, 0.3) is 10.8 Å². The van der Waals surface area contributed by atoms with Crippen molar-refractivity contribution >= 4 is 26.9 Å². The zero-order valence-electron chi connectivity index (χ0n) is 16.3. The van der Waals surface area contributed by atoms with Crippen LogP contribution in [-0.2, 0) is 10.2 Å². The standard InChI is InChI=1S/C21H27N3O3S/c1-17-8-10-23(11-9-17)28(26,27)24-14-12-22(13-15-24)21(25)20-7-6-18-4-2-3-5-19(18)16-20/h2-7,16-17H,8-15H2,1H3. The average Bonchev–Trinajstić information content (AvgIpc) is 2.73. The molecule has 2 saturated heterocycles. The first-order valence-electron chi connectivity index (χ1n) is 9.98. The van der Waals surface area contributed by atoms with Crippen molar-refractivity contribution in [1.29, 1.82) is 0 Å². The number of benzene rings is 2. The van der Waals surface area contributed by atoms with Crippen molar-refractivity contribution in [1.82, 2.24) is 13.5 Å². The molecule has 0 saturated carbocycles. The molecule has 0 aromatic heterocycles. The molecule has 0 bridgehead atoms. The maximum absolute atomic E-state index is 12.9. The van der Waals surface area contributed by atoms with Crippen LogP contribution >= 0.6 is 0 Å². The van der Waals surface area contributed by atoms with E-state index in [2.05, 4.69) is 6.92 Å². The molecule has 0 N–H and O–H groups in total. The summed E-state index contributed by atoms with van der Waals surface area (Å²) < 4.78 is 28.9. The van der Waals surface area contributed by atoms with E-state index in [1.807, 2.05) is 42.5 Å². The van der Waals surface area contributed by atoms with Gasteiger partial charge in [-0.25, -0.2) is 0 Å². The number of piperazine rings is 1. The minimum absolute atomic E-state index is 0.0328. The number of rotatable bonds is 3. The zero-order valence-corrected chi connectivity index (χ0v) is 17.1. The Morgan fingerprint density at radius 2 is 1.46 bits per heavy atom. The molecule has 1 amide bonds. The van der Waals surface area contributed by atoms with E-state index in [1.165, 1.54) is 4.31 Å². The van der Waals surface area contributed by atoms with Gasteiger partial charge in [0.05, 0.1) is 0 Å². The van der Waals surface area contributed by atoms with Crippen molar-refractivity contribution in [3.8, 4) is 0 Å². The summed E-state index contributed by atoms with van der Waals surface area (Å²) in [5.41, 5.74) is 0.653. The Morgan fingerprint density at radius 3 is 2.14 bits per heavy atom. The van der Waals surface area contributed by atoms with Gasteiger partial charge in [-0.05, 0) is 41.7 Å². The predicted octanol–water partition coefficient (Wildman–Crippen LogP) is 2.57. The van der Waals surface area contributed by atoms with Gasteiger partial charge in [-0.2, -0.15) is 17.0 Å². The molecule has 7 heteroatoms. The molecule has 2 heterocycles. The summed E-state index contributed by atoms with van der Waals surface area (Å²) in [5, 5.41) is 2.14. The van der Waals surface area contributed by atoms with Crippen molar-refractivity contribution in [3.05, 3.63) is 48.0 Å². The Bertz CT molecular complexity index is 960. The molecule has 28 heavy (non-hydrogen) atoms. The maximum atomic E-state index is 12.9. The molecule has 0 radical (unpaired) electrons. The summed E-state index contributed by atoms with van der Waals surface area (Å²) in [7, 11) is -3.42. The van der Waals surface area contributed by atoms with Crippen LogP contribution in [0.5, 0.6) is 0 Å². The second-order valence-electron chi connectivity index (χ2n) is 7.84. The highest BCUT2D eigenvalue weighted by Gasteiger charge is 2.35. The Kier molecular flexibility index (Phi) is 5.40. The lowest BCUT2D eigenvalue weighted by Crippen LogP contribution is -2.55. The fourth-order valence-corrected chi connectivity index (χ4v) is 5.63. The summed E-state index contributed by atoms with van der Waals surface area (Å²) in [4.78, 5) is 14.6. The molecule has 4 rings (SSSR count). The van der Waals surface area contributed by atoms with Crippen molar-refractivity contribution in [2.24, 2.45) is 5.92 Å². The van der Waals surface area contributed by atoms with Crippen LogP contribution in [0.15, 0.2) is 42.5 Å². The molecular weight excluding hydrogens is 374 g/mol. The first-order chi connectivity index (χ1) is 13.4. The zero-order chi connectivity index (χ0) is 19.7. The topological polar surface area (TPSA) is 60.9 Å². The lowest BCUT2D eigenvalue weighted by Gasteiger charge is -2.38. The van der Waals surface area contributed by atoms with Crippen LogP contribution in [0, 0.1) is 5.92 Å². The van der Waals surface area contributed by atoms with Crippen molar-refractivity contribution in [3.63, 3.8) is 0 Å². The third-order valence-electron chi connectivity index (χ3n) is 5.92. The smallest absolute Gasteiger partial charge is 0.282 e. The Balaban J connectivity index is 1.41. The molecule has 0 unspecified atom stereocenters. The van der Waals surface area contributed by atoms with E-state index in [1.54, 1.807) is 9.21 Å². The first kappa shape index (κ1) is 19.4. The van der Waals surface area contributed by atoms with Gasteiger partial charge in [0.1, 0.15) is 0 Å². The van der Waals surface area contributed by atoms with Gasteiger partial charge in [-0.3, -0.25) is 4.79 Å². The first-order valence-corrected chi connectivity index (χ1v) is 11.4. The minimum Gasteiger partial charge on any atom is -0.336 e. The molecule has 0 aliphatic carbocycles. The van der Waals surface area contributed by atoms with Gasteiger partial charge in [0.25, 0.3) is 16.1 Å². The van der Waals surface area contributed by atoms with E-state index >= 15 is 0 Å². The highest BCUT2D eigenvalue weighted by atomic mass is 32.2. The number of hydrogen-bond donors (Lipinski definition) is 0. The van der Waals surface area contributed by atoms with E-state index in [-0.39, 0.29) is 5.91 Å². The van der Waals surface area contributed by atoms with Crippen molar-refractivity contribution in [2.45, 2.75) is 19.8 Å². The Hall–Kier alpha value is -1.96. The third kappa shape index (κ3) is 3.79. The number of carbonyl (C=O) groups excluding carboxylic acids is 1. The summed E-state index contributed by atoms with van der Waals surface area (Å²) >= 11 is 0. The molecule has 0 atom stereocenters. The summed E-state index contributed by atoms with van der Waals surface area (Å²) in [6, 6.07) is 13.7. The number of piperidine rings is 1. The van der Waals surface area contributed by atoms with Crippen LogP contribution in [0.2, 0.25) is 0 Å². The van der Waals surface area contributed by atoms with Gasteiger partial charge in [0.15, 0.2) is 0 Å². The maximum Gasteiger partial charge on any atom is 0.282 e. The second kappa shape index (κ2) is 7.81. The Morgan fingerprint density at radius 1 is 0.857 bits per heavy atom. The number of fused-ring (bicyclic) bond motifs is 1. The Labute approximate surface area is 166 Å². The molecule has 150 valence electrons. The minimum atomic E-state index is -3.42. The second-order valence-corrected chi connectivity index (χ2v) is 9.77. The van der Waals surface area contributed by atoms with Crippen molar-refractivity contribution in [2.75, 3.05) is 39.3 Å². The fraction of sp³-hybridized carbons (Fsp3) is 0.476. The van der Waals surface area contributed by atoms with E-state index in [9.17, 15) is 13.2 Å². The molecule has 2 aliphatic heterocycles. The summed E-state index contributed by atoms with van der Waals surface area (Å²) in [6.45, 7) is 4.92. The van der Waals surface area contributed by atoms with E-state index < -0.39 is 10.2 Å². The molecule has 0 spiro atoms. The quantitative estimate of drug-likeness (QED) is 0.794. The largest absolute Gasteiger partial charge is 0.336 e. The van der Waals surface area contributed by atoms with E-state index in [0.29, 0.717) is 50.7 Å². The average molecular weight is 402 g/mol. The molecule has 2 aromatic carbocycles. The normalized spacial score (nSPS) is 20.5. The van der Waals surface area contributed by atoms with Gasteiger partial charge in [-0.15, -0.1) is 0 Å². The molecule has 2 aromatic rings. The summed E-state index contributed by atoms with van der Waals surface area (Å²) in [6.07, 6.45) is 1.83. The van der Waals surface area contributed by atoms with Gasteiger partial charge in [-0.1, -0.05) is 37.3 Å². The molecule has 2 aliphatic rings. The fourth-order valence-electron chi connectivity index (χ4n) is 4.01. The monoisotopic (exact) mass is 401 g/mol. The van der Waals surface area contributed by atoms with Gasteiger partial charge >= 0.3 is 0 Å². The highest BCUT2D eigenvalue weighted by Crippen LogP contribution is 2.22.